The van der Waals surface area contributed by atoms with Gasteiger partial charge in [0.2, 0.25) is 0 Å². The molecule has 1 atom stereocenters. The second-order valence-corrected chi connectivity index (χ2v) is 9.92. The molecule has 0 saturated carbocycles. The van der Waals surface area contributed by atoms with Gasteiger partial charge in [-0.2, -0.15) is 9.78 Å². The van der Waals surface area contributed by atoms with Crippen molar-refractivity contribution in [2.75, 3.05) is 18.9 Å². The summed E-state index contributed by atoms with van der Waals surface area (Å²) in [4.78, 5) is 22.7. The number of ether oxygens (including phenoxy) is 1. The van der Waals surface area contributed by atoms with Gasteiger partial charge in [-0.3, -0.25) is 4.79 Å². The van der Waals surface area contributed by atoms with E-state index >= 15 is 0 Å². The van der Waals surface area contributed by atoms with Crippen molar-refractivity contribution in [2.24, 2.45) is 5.10 Å². The van der Waals surface area contributed by atoms with Crippen molar-refractivity contribution >= 4 is 40.1 Å². The zero-order valence-corrected chi connectivity index (χ0v) is 20.3. The third-order valence-corrected chi connectivity index (χ3v) is 6.31. The molecule has 0 bridgehead atoms. The van der Waals surface area contributed by atoms with Gasteiger partial charge in [-0.05, 0) is 41.5 Å². The van der Waals surface area contributed by atoms with E-state index in [9.17, 15) is 4.79 Å². The minimum absolute atomic E-state index is 0.0227. The van der Waals surface area contributed by atoms with Gasteiger partial charge in [0.1, 0.15) is 16.9 Å². The number of rotatable bonds is 5. The second-order valence-electron chi connectivity index (χ2n) is 9.92. The number of fused-ring (bicyclic) bond motifs is 2. The molecule has 1 saturated heterocycles. The number of hydrogen-bond acceptors (Lipinski definition) is 6. The molecule has 180 valence electrons. The Kier molecular flexibility index (Phi) is 5.98. The van der Waals surface area contributed by atoms with Crippen molar-refractivity contribution in [3.05, 3.63) is 65.2 Å². The maximum Gasteiger partial charge on any atom is 0.257 e. The average molecular weight is 471 g/mol. The van der Waals surface area contributed by atoms with E-state index in [1.165, 1.54) is 10.2 Å². The fourth-order valence-electron chi connectivity index (χ4n) is 4.28. The van der Waals surface area contributed by atoms with E-state index < -0.39 is 0 Å². The molecule has 0 radical (unpaired) electrons. The molecule has 1 aliphatic rings. The largest absolute Gasteiger partial charge is 0.383 e. The van der Waals surface area contributed by atoms with Crippen LogP contribution in [0.25, 0.3) is 22.2 Å². The van der Waals surface area contributed by atoms with Crippen LogP contribution in [0.5, 0.6) is 0 Å². The smallest absolute Gasteiger partial charge is 0.257 e. The van der Waals surface area contributed by atoms with Crippen molar-refractivity contribution < 1.29 is 9.53 Å². The van der Waals surface area contributed by atoms with Gasteiger partial charge in [-0.1, -0.05) is 57.2 Å². The summed E-state index contributed by atoms with van der Waals surface area (Å²) in [6.45, 7) is 7.69. The molecule has 5 rings (SSSR count). The maximum atomic E-state index is 13.2. The van der Waals surface area contributed by atoms with Crippen LogP contribution in [0, 0.1) is 0 Å². The molecule has 2 aromatic carbocycles. The Morgan fingerprint density at radius 2 is 1.89 bits per heavy atom. The zero-order valence-electron chi connectivity index (χ0n) is 20.3. The first-order chi connectivity index (χ1) is 16.8. The number of anilines is 1. The van der Waals surface area contributed by atoms with E-state index in [0.717, 1.165) is 25.0 Å². The summed E-state index contributed by atoms with van der Waals surface area (Å²) in [6.07, 6.45) is 3.67. The summed E-state index contributed by atoms with van der Waals surface area (Å²) in [5.74, 6) is -0.112. The predicted molar refractivity (Wildman–Crippen MR) is 139 cm³/mol. The highest BCUT2D eigenvalue weighted by Gasteiger charge is 2.25. The summed E-state index contributed by atoms with van der Waals surface area (Å²) in [5.41, 5.74) is 11.2. The van der Waals surface area contributed by atoms with Gasteiger partial charge in [0.15, 0.2) is 5.65 Å². The van der Waals surface area contributed by atoms with Gasteiger partial charge in [0, 0.05) is 13.2 Å². The van der Waals surface area contributed by atoms with Crippen LogP contribution in [0.1, 0.15) is 55.1 Å². The molecule has 4 aromatic rings. The lowest BCUT2D eigenvalue weighted by Crippen LogP contribution is -2.32. The number of nitrogen functional groups attached to an aromatic ring is 1. The van der Waals surface area contributed by atoms with Crippen molar-refractivity contribution in [3.63, 3.8) is 0 Å². The van der Waals surface area contributed by atoms with E-state index in [2.05, 4.69) is 43.3 Å². The van der Waals surface area contributed by atoms with Crippen LogP contribution in [0.15, 0.2) is 53.6 Å². The molecule has 35 heavy (non-hydrogen) atoms. The van der Waals surface area contributed by atoms with E-state index in [1.54, 1.807) is 6.21 Å². The molecule has 8 heteroatoms. The lowest BCUT2D eigenvalue weighted by molar-refractivity contribution is 0.0859. The molecule has 0 aliphatic carbocycles. The third-order valence-electron chi connectivity index (χ3n) is 6.31. The molecule has 1 fully saturated rings. The quantitative estimate of drug-likeness (QED) is 0.424. The van der Waals surface area contributed by atoms with Gasteiger partial charge in [0.05, 0.1) is 23.4 Å². The minimum atomic E-state index is -0.309. The zero-order chi connectivity index (χ0) is 24.6. The monoisotopic (exact) mass is 470 g/mol. The fourth-order valence-corrected chi connectivity index (χ4v) is 4.28. The van der Waals surface area contributed by atoms with E-state index in [0.29, 0.717) is 28.7 Å². The normalized spacial score (nSPS) is 16.5. The van der Waals surface area contributed by atoms with Crippen molar-refractivity contribution in [2.45, 2.75) is 45.1 Å². The lowest BCUT2D eigenvalue weighted by Gasteiger charge is -2.18. The average Bonchev–Trinajstić information content (AvgIpc) is 3.45. The van der Waals surface area contributed by atoms with Crippen LogP contribution < -0.4 is 11.1 Å². The molecule has 1 aliphatic heterocycles. The highest BCUT2D eigenvalue weighted by atomic mass is 16.5. The molecule has 0 spiro atoms. The van der Waals surface area contributed by atoms with Gasteiger partial charge in [-0.15, -0.1) is 0 Å². The summed E-state index contributed by atoms with van der Waals surface area (Å²) < 4.78 is 7.13. The third kappa shape index (κ3) is 4.61. The number of nitrogens with two attached hydrogens (primary N) is 1. The van der Waals surface area contributed by atoms with E-state index in [-0.39, 0.29) is 28.8 Å². The number of nitrogens with zero attached hydrogens (tertiary/aromatic N) is 4. The first kappa shape index (κ1) is 23.0. The van der Waals surface area contributed by atoms with E-state index in [4.69, 9.17) is 20.4 Å². The second kappa shape index (κ2) is 9.11. The number of para-hydroxylation sites is 2. The van der Waals surface area contributed by atoms with E-state index in [1.807, 2.05) is 36.4 Å². The van der Waals surface area contributed by atoms with Crippen molar-refractivity contribution in [3.8, 4) is 0 Å². The van der Waals surface area contributed by atoms with Crippen LogP contribution >= 0.6 is 0 Å². The molecular formula is C27H30N6O2. The number of carbonyl (C=O) groups excluding carboxylic acids is 1. The number of benzene rings is 2. The Morgan fingerprint density at radius 1 is 1.17 bits per heavy atom. The molecule has 8 nitrogen and oxygen atoms in total. The highest BCUT2D eigenvalue weighted by Crippen LogP contribution is 2.28. The Labute approximate surface area is 204 Å². The molecular weight excluding hydrogens is 440 g/mol. The topological polar surface area (TPSA) is 107 Å². The molecule has 3 N–H and O–H groups in total. The maximum absolute atomic E-state index is 13.2. The number of aromatic nitrogens is 3. The highest BCUT2D eigenvalue weighted by molar-refractivity contribution is 6.10. The van der Waals surface area contributed by atoms with Crippen LogP contribution in [-0.2, 0) is 10.2 Å². The first-order valence-electron chi connectivity index (χ1n) is 11.9. The Bertz CT molecular complexity index is 1410. The number of amides is 1. The van der Waals surface area contributed by atoms with Gasteiger partial charge < -0.3 is 15.8 Å². The molecule has 3 heterocycles. The summed E-state index contributed by atoms with van der Waals surface area (Å²) >= 11 is 0. The lowest BCUT2D eigenvalue weighted by atomic mass is 9.87. The summed E-state index contributed by atoms with van der Waals surface area (Å²) in [6, 6.07) is 15.7. The Morgan fingerprint density at radius 3 is 2.54 bits per heavy atom. The minimum Gasteiger partial charge on any atom is -0.383 e. The first-order valence-corrected chi connectivity index (χ1v) is 11.9. The van der Waals surface area contributed by atoms with Crippen molar-refractivity contribution in [1.82, 2.24) is 20.0 Å². The predicted octanol–water partition coefficient (Wildman–Crippen LogP) is 4.26. The summed E-state index contributed by atoms with van der Waals surface area (Å²) in [5, 5.41) is 7.56. The number of carbonyl (C=O) groups is 1. The Hall–Kier alpha value is -3.78. The number of nitrogens with one attached hydrogen (secondary N) is 1. The van der Waals surface area contributed by atoms with Gasteiger partial charge >= 0.3 is 0 Å². The van der Waals surface area contributed by atoms with Gasteiger partial charge in [-0.25, -0.2) is 9.97 Å². The van der Waals surface area contributed by atoms with Crippen LogP contribution in [-0.4, -0.2) is 46.0 Å². The SMILES string of the molecule is CC(C)(C)c1ccc(/C=N\n2c(N)c(C(=O)NC[C@H]3CCCO3)c3nc4ccccc4nc32)cc1. The van der Waals surface area contributed by atoms with Crippen LogP contribution in [0.4, 0.5) is 5.82 Å². The summed E-state index contributed by atoms with van der Waals surface area (Å²) in [7, 11) is 0. The Balaban J connectivity index is 1.54. The standard InChI is InChI=1S/C27H30N6O2/c1-27(2,3)18-12-10-17(11-13-18)15-30-33-24(28)22(26(34)29-16-19-7-6-14-35-19)23-25(33)32-21-9-5-4-8-20(21)31-23/h4-5,8-13,15,19H,6-7,14,16,28H2,1-3H3,(H,29,34)/b30-15-/t19-/m1/s1. The molecule has 2 aromatic heterocycles. The number of hydrogen-bond donors (Lipinski definition) is 2. The van der Waals surface area contributed by atoms with Crippen molar-refractivity contribution in [1.29, 1.82) is 0 Å². The van der Waals surface area contributed by atoms with Crippen LogP contribution in [0.3, 0.4) is 0 Å². The van der Waals surface area contributed by atoms with Crippen LogP contribution in [0.2, 0.25) is 0 Å². The molecule has 1 amide bonds. The van der Waals surface area contributed by atoms with Gasteiger partial charge in [0.25, 0.3) is 5.91 Å². The molecule has 0 unspecified atom stereocenters. The fraction of sp³-hybridized carbons (Fsp3) is 0.333.